The van der Waals surface area contributed by atoms with Crippen LogP contribution in [0.2, 0.25) is 0 Å². The molecule has 5 nitrogen and oxygen atoms in total. The van der Waals surface area contributed by atoms with Crippen LogP contribution in [-0.4, -0.2) is 41.9 Å². The molecule has 0 aromatic heterocycles. The van der Waals surface area contributed by atoms with Crippen molar-refractivity contribution < 1.29 is 14.3 Å². The minimum Gasteiger partial charge on any atom is -0.479 e. The first-order valence-corrected chi connectivity index (χ1v) is 10.5. The SMILES string of the molecule is C[C@@H]1Oc2ccccc2N(CCC(=O)N2CCC[C@@H]2C2CCCCC2)C1=O. The molecule has 0 spiro atoms. The van der Waals surface area contributed by atoms with Gasteiger partial charge in [0.25, 0.3) is 5.91 Å². The molecule has 0 radical (unpaired) electrons. The second-order valence-corrected chi connectivity index (χ2v) is 8.16. The molecule has 3 aliphatic rings. The molecule has 0 bridgehead atoms. The number of benzene rings is 1. The average Bonchev–Trinajstić information content (AvgIpc) is 3.19. The molecule has 0 N–H and O–H groups in total. The fourth-order valence-electron chi connectivity index (χ4n) is 5.05. The summed E-state index contributed by atoms with van der Waals surface area (Å²) >= 11 is 0. The summed E-state index contributed by atoms with van der Waals surface area (Å²) in [4.78, 5) is 29.5. The predicted molar refractivity (Wildman–Crippen MR) is 105 cm³/mol. The van der Waals surface area contributed by atoms with E-state index in [0.29, 0.717) is 24.9 Å². The Balaban J connectivity index is 1.42. The maximum atomic E-state index is 13.0. The maximum Gasteiger partial charge on any atom is 0.267 e. The van der Waals surface area contributed by atoms with Gasteiger partial charge in [-0.1, -0.05) is 31.4 Å². The second kappa shape index (κ2) is 7.91. The van der Waals surface area contributed by atoms with E-state index in [4.69, 9.17) is 4.74 Å². The van der Waals surface area contributed by atoms with Gasteiger partial charge in [0.2, 0.25) is 5.91 Å². The monoisotopic (exact) mass is 370 g/mol. The number of nitrogens with zero attached hydrogens (tertiary/aromatic N) is 2. The number of anilines is 1. The number of fused-ring (bicyclic) bond motifs is 1. The molecule has 1 saturated carbocycles. The van der Waals surface area contributed by atoms with E-state index in [2.05, 4.69) is 4.90 Å². The molecule has 27 heavy (non-hydrogen) atoms. The van der Waals surface area contributed by atoms with Crippen molar-refractivity contribution in [1.82, 2.24) is 4.90 Å². The van der Waals surface area contributed by atoms with E-state index in [1.54, 1.807) is 11.8 Å². The van der Waals surface area contributed by atoms with Gasteiger partial charge in [-0.2, -0.15) is 0 Å². The third kappa shape index (κ3) is 3.69. The molecule has 2 atom stereocenters. The summed E-state index contributed by atoms with van der Waals surface area (Å²) in [6, 6.07) is 8.00. The molecule has 1 aliphatic carbocycles. The molecule has 0 unspecified atom stereocenters. The van der Waals surface area contributed by atoms with Gasteiger partial charge in [0, 0.05) is 25.6 Å². The third-order valence-electron chi connectivity index (χ3n) is 6.44. The van der Waals surface area contributed by atoms with Gasteiger partial charge in [0.05, 0.1) is 5.69 Å². The summed E-state index contributed by atoms with van der Waals surface area (Å²) in [5.74, 6) is 1.54. The van der Waals surface area contributed by atoms with Crippen molar-refractivity contribution in [3.8, 4) is 5.75 Å². The number of para-hydroxylation sites is 2. The number of carbonyl (C=O) groups excluding carboxylic acids is 2. The first-order chi connectivity index (χ1) is 13.1. The van der Waals surface area contributed by atoms with Crippen LogP contribution in [0, 0.1) is 5.92 Å². The number of hydrogen-bond donors (Lipinski definition) is 0. The van der Waals surface area contributed by atoms with E-state index < -0.39 is 6.10 Å². The summed E-state index contributed by atoms with van der Waals surface area (Å²) in [5.41, 5.74) is 0.777. The summed E-state index contributed by atoms with van der Waals surface area (Å²) in [6.07, 6.45) is 8.62. The van der Waals surface area contributed by atoms with Crippen molar-refractivity contribution in [2.24, 2.45) is 5.92 Å². The van der Waals surface area contributed by atoms with Crippen LogP contribution in [0.5, 0.6) is 5.75 Å². The number of rotatable bonds is 4. The number of hydrogen-bond acceptors (Lipinski definition) is 3. The third-order valence-corrected chi connectivity index (χ3v) is 6.44. The van der Waals surface area contributed by atoms with Gasteiger partial charge in [-0.25, -0.2) is 0 Å². The van der Waals surface area contributed by atoms with E-state index in [-0.39, 0.29) is 11.8 Å². The van der Waals surface area contributed by atoms with Crippen LogP contribution in [-0.2, 0) is 9.59 Å². The zero-order valence-electron chi connectivity index (χ0n) is 16.2. The van der Waals surface area contributed by atoms with Gasteiger partial charge < -0.3 is 14.5 Å². The molecule has 146 valence electrons. The smallest absolute Gasteiger partial charge is 0.267 e. The van der Waals surface area contributed by atoms with Gasteiger partial charge in [-0.05, 0) is 50.7 Å². The van der Waals surface area contributed by atoms with Crippen LogP contribution < -0.4 is 9.64 Å². The van der Waals surface area contributed by atoms with Gasteiger partial charge in [-0.15, -0.1) is 0 Å². The molecule has 2 aliphatic heterocycles. The zero-order valence-corrected chi connectivity index (χ0v) is 16.2. The van der Waals surface area contributed by atoms with E-state index in [9.17, 15) is 9.59 Å². The summed E-state index contributed by atoms with van der Waals surface area (Å²) in [5, 5.41) is 0. The molecule has 1 aromatic rings. The Hall–Kier alpha value is -2.04. The maximum absolute atomic E-state index is 13.0. The van der Waals surface area contributed by atoms with Crippen LogP contribution in [0.4, 0.5) is 5.69 Å². The fraction of sp³-hybridized carbons (Fsp3) is 0.636. The van der Waals surface area contributed by atoms with Crippen molar-refractivity contribution in [2.45, 2.75) is 70.4 Å². The molecule has 4 rings (SSSR count). The zero-order chi connectivity index (χ0) is 18.8. The lowest BCUT2D eigenvalue weighted by atomic mass is 9.83. The Morgan fingerprint density at radius 2 is 1.89 bits per heavy atom. The van der Waals surface area contributed by atoms with E-state index in [1.165, 1.54) is 32.1 Å². The lowest BCUT2D eigenvalue weighted by molar-refractivity contribution is -0.133. The first-order valence-electron chi connectivity index (χ1n) is 10.5. The van der Waals surface area contributed by atoms with Crippen LogP contribution in [0.25, 0.3) is 0 Å². The molecule has 5 heteroatoms. The molecular formula is C22H30N2O3. The Bertz CT molecular complexity index is 699. The van der Waals surface area contributed by atoms with Crippen LogP contribution in [0.3, 0.4) is 0 Å². The Labute approximate surface area is 161 Å². The normalized spacial score (nSPS) is 26.0. The van der Waals surface area contributed by atoms with Gasteiger partial charge in [-0.3, -0.25) is 9.59 Å². The van der Waals surface area contributed by atoms with Crippen molar-refractivity contribution in [3.05, 3.63) is 24.3 Å². The molecule has 1 aromatic carbocycles. The van der Waals surface area contributed by atoms with Crippen LogP contribution in [0.15, 0.2) is 24.3 Å². The second-order valence-electron chi connectivity index (χ2n) is 8.16. The van der Waals surface area contributed by atoms with Crippen molar-refractivity contribution in [1.29, 1.82) is 0 Å². The molecule has 2 fully saturated rings. The number of carbonyl (C=O) groups is 2. The lowest BCUT2D eigenvalue weighted by Crippen LogP contribution is -2.47. The van der Waals surface area contributed by atoms with Gasteiger partial charge in [0.15, 0.2) is 6.10 Å². The Morgan fingerprint density at radius 1 is 1.11 bits per heavy atom. The van der Waals surface area contributed by atoms with Crippen molar-refractivity contribution in [3.63, 3.8) is 0 Å². The Kier molecular flexibility index (Phi) is 5.37. The molecular weight excluding hydrogens is 340 g/mol. The van der Waals surface area contributed by atoms with E-state index in [0.717, 1.165) is 30.8 Å². The highest BCUT2D eigenvalue weighted by Crippen LogP contribution is 2.36. The van der Waals surface area contributed by atoms with Gasteiger partial charge >= 0.3 is 0 Å². The van der Waals surface area contributed by atoms with Crippen LogP contribution >= 0.6 is 0 Å². The van der Waals surface area contributed by atoms with E-state index in [1.807, 2.05) is 24.3 Å². The highest BCUT2D eigenvalue weighted by atomic mass is 16.5. The average molecular weight is 370 g/mol. The largest absolute Gasteiger partial charge is 0.479 e. The minimum atomic E-state index is -0.503. The predicted octanol–water partition coefficient (Wildman–Crippen LogP) is 3.76. The van der Waals surface area contributed by atoms with Gasteiger partial charge in [0.1, 0.15) is 5.75 Å². The molecule has 2 heterocycles. The quantitative estimate of drug-likeness (QED) is 0.811. The number of ether oxygens (including phenoxy) is 1. The number of likely N-dealkylation sites (tertiary alicyclic amines) is 1. The highest BCUT2D eigenvalue weighted by molar-refractivity contribution is 6.00. The first kappa shape index (κ1) is 18.3. The molecule has 1 saturated heterocycles. The fourth-order valence-corrected chi connectivity index (χ4v) is 5.05. The standard InChI is InChI=1S/C22H30N2O3/c1-16-22(26)24(19-10-5-6-12-20(19)27-16)15-13-21(25)23-14-7-11-18(23)17-8-3-2-4-9-17/h5-6,10,12,16-18H,2-4,7-9,11,13-15H2,1H3/t16-,18+/m0/s1. The molecule has 2 amide bonds. The van der Waals surface area contributed by atoms with Crippen LogP contribution in [0.1, 0.15) is 58.3 Å². The number of amides is 2. The lowest BCUT2D eigenvalue weighted by Gasteiger charge is -2.35. The minimum absolute atomic E-state index is 0.0632. The van der Waals surface area contributed by atoms with Crippen molar-refractivity contribution in [2.75, 3.05) is 18.0 Å². The summed E-state index contributed by atoms with van der Waals surface area (Å²) in [6.45, 7) is 3.08. The Morgan fingerprint density at radius 3 is 2.70 bits per heavy atom. The highest BCUT2D eigenvalue weighted by Gasteiger charge is 2.36. The summed E-state index contributed by atoms with van der Waals surface area (Å²) in [7, 11) is 0. The van der Waals surface area contributed by atoms with Crippen molar-refractivity contribution >= 4 is 17.5 Å². The topological polar surface area (TPSA) is 49.9 Å². The van der Waals surface area contributed by atoms with E-state index >= 15 is 0 Å². The summed E-state index contributed by atoms with van der Waals surface area (Å²) < 4.78 is 5.69.